The van der Waals surface area contributed by atoms with Gasteiger partial charge in [0.25, 0.3) is 11.8 Å². The predicted molar refractivity (Wildman–Crippen MR) is 111 cm³/mol. The zero-order chi connectivity index (χ0) is 20.9. The second-order valence-electron chi connectivity index (χ2n) is 6.67. The van der Waals surface area contributed by atoms with E-state index in [9.17, 15) is 18.0 Å². The number of anilines is 2. The number of carbonyl (C=O) groups excluding carboxylic acids is 2. The lowest BCUT2D eigenvalue weighted by Crippen LogP contribution is -2.28. The highest BCUT2D eigenvalue weighted by Gasteiger charge is 2.15. The number of amides is 2. The van der Waals surface area contributed by atoms with Gasteiger partial charge in [-0.1, -0.05) is 37.6 Å². The van der Waals surface area contributed by atoms with Crippen LogP contribution in [-0.2, 0) is 10.0 Å². The van der Waals surface area contributed by atoms with Crippen LogP contribution in [0.1, 0.15) is 34.6 Å². The molecule has 0 radical (unpaired) electrons. The normalized spacial score (nSPS) is 11.2. The van der Waals surface area contributed by atoms with Crippen LogP contribution in [0.4, 0.5) is 11.4 Å². The van der Waals surface area contributed by atoms with E-state index in [1.807, 2.05) is 13.8 Å². The summed E-state index contributed by atoms with van der Waals surface area (Å²) in [7, 11) is -3.49. The molecule has 150 valence electrons. The van der Waals surface area contributed by atoms with Crippen molar-refractivity contribution < 1.29 is 18.0 Å². The predicted octanol–water partition coefficient (Wildman–Crippen LogP) is 3.35. The topological polar surface area (TPSA) is 104 Å². The van der Waals surface area contributed by atoms with E-state index in [2.05, 4.69) is 15.4 Å². The second-order valence-corrected chi connectivity index (χ2v) is 8.83. The minimum absolute atomic E-state index is 0.0843. The Morgan fingerprint density at radius 1 is 1.04 bits per heavy atom. The smallest absolute Gasteiger partial charge is 0.255 e. The molecule has 0 saturated carbocycles. The third kappa shape index (κ3) is 6.24. The minimum Gasteiger partial charge on any atom is -0.352 e. The van der Waals surface area contributed by atoms with Crippen LogP contribution in [0.25, 0.3) is 0 Å². The molecule has 2 aromatic rings. The van der Waals surface area contributed by atoms with Crippen molar-refractivity contribution in [3.05, 3.63) is 58.6 Å². The van der Waals surface area contributed by atoms with E-state index in [0.717, 1.165) is 6.26 Å². The maximum atomic E-state index is 12.6. The van der Waals surface area contributed by atoms with Gasteiger partial charge in [-0.2, -0.15) is 0 Å². The molecule has 0 atom stereocenters. The number of hydrogen-bond acceptors (Lipinski definition) is 4. The van der Waals surface area contributed by atoms with E-state index in [-0.39, 0.29) is 22.2 Å². The van der Waals surface area contributed by atoms with E-state index in [1.165, 1.54) is 18.2 Å². The molecule has 0 spiro atoms. The van der Waals surface area contributed by atoms with Gasteiger partial charge in [0.05, 0.1) is 28.2 Å². The Labute approximate surface area is 169 Å². The highest BCUT2D eigenvalue weighted by Crippen LogP contribution is 2.25. The summed E-state index contributed by atoms with van der Waals surface area (Å²) in [5.41, 5.74) is 1.11. The van der Waals surface area contributed by atoms with E-state index in [0.29, 0.717) is 23.7 Å². The standard InChI is InChI=1S/C19H22ClN3O4S/c1-12(2)11-21-19(25)14-6-4-5-7-16(14)22-18(24)13-8-9-17(15(20)10-13)23-28(3,26)27/h4-10,12,23H,11H2,1-3H3,(H,21,25)(H,22,24). The fourth-order valence-electron chi connectivity index (χ4n) is 2.32. The molecule has 0 aliphatic heterocycles. The average molecular weight is 424 g/mol. The number of rotatable bonds is 7. The first kappa shape index (κ1) is 21.7. The maximum absolute atomic E-state index is 12.6. The first-order chi connectivity index (χ1) is 13.1. The third-order valence-corrected chi connectivity index (χ3v) is 4.52. The number of carbonyl (C=O) groups is 2. The molecule has 2 amide bonds. The molecule has 0 bridgehead atoms. The minimum atomic E-state index is -3.49. The van der Waals surface area contributed by atoms with Crippen LogP contribution in [0.15, 0.2) is 42.5 Å². The molecule has 0 fully saturated rings. The van der Waals surface area contributed by atoms with E-state index in [4.69, 9.17) is 11.6 Å². The third-order valence-electron chi connectivity index (χ3n) is 3.62. The molecule has 0 unspecified atom stereocenters. The van der Waals surface area contributed by atoms with Crippen molar-refractivity contribution in [2.24, 2.45) is 5.92 Å². The molecule has 3 N–H and O–H groups in total. The fraction of sp³-hybridized carbons (Fsp3) is 0.263. The number of para-hydroxylation sites is 1. The van der Waals surface area contributed by atoms with Crippen molar-refractivity contribution in [2.45, 2.75) is 13.8 Å². The molecular formula is C19H22ClN3O4S. The largest absolute Gasteiger partial charge is 0.352 e. The SMILES string of the molecule is CC(C)CNC(=O)c1ccccc1NC(=O)c1ccc(NS(C)(=O)=O)c(Cl)c1. The highest BCUT2D eigenvalue weighted by atomic mass is 35.5. The Bertz CT molecular complexity index is 990. The quantitative estimate of drug-likeness (QED) is 0.635. The number of nitrogens with one attached hydrogen (secondary N) is 3. The zero-order valence-electron chi connectivity index (χ0n) is 15.7. The van der Waals surface area contributed by atoms with Crippen molar-refractivity contribution in [3.63, 3.8) is 0 Å². The fourth-order valence-corrected chi connectivity index (χ4v) is 3.18. The van der Waals surface area contributed by atoms with Crippen molar-refractivity contribution in [2.75, 3.05) is 22.8 Å². The molecule has 0 aliphatic carbocycles. The van der Waals surface area contributed by atoms with E-state index < -0.39 is 15.9 Å². The Balaban J connectivity index is 2.19. The molecule has 0 aromatic heterocycles. The lowest BCUT2D eigenvalue weighted by molar-refractivity contribution is 0.0950. The molecule has 9 heteroatoms. The number of halogens is 1. The van der Waals surface area contributed by atoms with Crippen molar-refractivity contribution in [3.8, 4) is 0 Å². The maximum Gasteiger partial charge on any atom is 0.255 e. The lowest BCUT2D eigenvalue weighted by Gasteiger charge is -2.13. The molecule has 0 heterocycles. The summed E-state index contributed by atoms with van der Waals surface area (Å²) in [5.74, 6) is -0.459. The van der Waals surface area contributed by atoms with Crippen molar-refractivity contribution in [1.82, 2.24) is 5.32 Å². The summed E-state index contributed by atoms with van der Waals surface area (Å²) in [4.78, 5) is 24.9. The van der Waals surface area contributed by atoms with Crippen LogP contribution in [0.2, 0.25) is 5.02 Å². The molecule has 0 aliphatic rings. The van der Waals surface area contributed by atoms with Gasteiger partial charge in [0.2, 0.25) is 10.0 Å². The Morgan fingerprint density at radius 3 is 2.32 bits per heavy atom. The van der Waals surface area contributed by atoms with Crippen LogP contribution >= 0.6 is 11.6 Å². The summed E-state index contributed by atoms with van der Waals surface area (Å²) in [6, 6.07) is 10.9. The number of sulfonamides is 1. The Morgan fingerprint density at radius 2 is 1.71 bits per heavy atom. The van der Waals surface area contributed by atoms with Gasteiger partial charge in [0, 0.05) is 12.1 Å². The Kier molecular flexibility index (Phi) is 7.04. The number of benzene rings is 2. The van der Waals surface area contributed by atoms with Crippen molar-refractivity contribution >= 4 is 44.8 Å². The molecule has 2 aromatic carbocycles. The van der Waals surface area contributed by atoms with Crippen LogP contribution in [0, 0.1) is 5.92 Å². The first-order valence-corrected chi connectivity index (χ1v) is 10.8. The van der Waals surface area contributed by atoms with Crippen LogP contribution < -0.4 is 15.4 Å². The zero-order valence-corrected chi connectivity index (χ0v) is 17.3. The van der Waals surface area contributed by atoms with Gasteiger partial charge < -0.3 is 10.6 Å². The van der Waals surface area contributed by atoms with Gasteiger partial charge in [0.15, 0.2) is 0 Å². The first-order valence-electron chi connectivity index (χ1n) is 8.52. The van der Waals surface area contributed by atoms with Crippen LogP contribution in [-0.4, -0.2) is 33.0 Å². The summed E-state index contributed by atoms with van der Waals surface area (Å²) in [5, 5.41) is 5.59. The van der Waals surface area contributed by atoms with Crippen LogP contribution in [0.3, 0.4) is 0 Å². The molecule has 2 rings (SSSR count). The molecule has 0 saturated heterocycles. The highest BCUT2D eigenvalue weighted by molar-refractivity contribution is 7.92. The van der Waals surface area contributed by atoms with E-state index >= 15 is 0 Å². The van der Waals surface area contributed by atoms with Gasteiger partial charge in [-0.25, -0.2) is 8.42 Å². The summed E-state index contributed by atoms with van der Waals surface area (Å²) >= 11 is 6.06. The lowest BCUT2D eigenvalue weighted by atomic mass is 10.1. The van der Waals surface area contributed by atoms with E-state index in [1.54, 1.807) is 24.3 Å². The van der Waals surface area contributed by atoms with Crippen LogP contribution in [0.5, 0.6) is 0 Å². The van der Waals surface area contributed by atoms with Gasteiger partial charge in [0.1, 0.15) is 0 Å². The number of hydrogen-bond donors (Lipinski definition) is 3. The van der Waals surface area contributed by atoms with Gasteiger partial charge in [-0.15, -0.1) is 0 Å². The monoisotopic (exact) mass is 423 g/mol. The molecule has 28 heavy (non-hydrogen) atoms. The van der Waals surface area contributed by atoms with Gasteiger partial charge in [-0.05, 0) is 36.2 Å². The second kappa shape index (κ2) is 9.07. The van der Waals surface area contributed by atoms with Gasteiger partial charge in [-0.3, -0.25) is 14.3 Å². The summed E-state index contributed by atoms with van der Waals surface area (Å²) in [6.45, 7) is 4.49. The Hall–Kier alpha value is -2.58. The van der Waals surface area contributed by atoms with Crippen molar-refractivity contribution in [1.29, 1.82) is 0 Å². The van der Waals surface area contributed by atoms with Gasteiger partial charge >= 0.3 is 0 Å². The summed E-state index contributed by atoms with van der Waals surface area (Å²) < 4.78 is 24.9. The molecular weight excluding hydrogens is 402 g/mol. The summed E-state index contributed by atoms with van der Waals surface area (Å²) in [6.07, 6.45) is 1.01. The average Bonchev–Trinajstić information content (AvgIpc) is 2.60. The molecule has 7 nitrogen and oxygen atoms in total.